The Balaban J connectivity index is 1.36. The molecule has 1 amide bonds. The Hall–Kier alpha value is -1.53. The molecule has 5 nitrogen and oxygen atoms in total. The maximum atomic E-state index is 13.2. The summed E-state index contributed by atoms with van der Waals surface area (Å²) in [5.74, 6) is -0.720. The van der Waals surface area contributed by atoms with Crippen LogP contribution in [0.25, 0.3) is 0 Å². The highest BCUT2D eigenvalue weighted by atomic mass is 19.1. The van der Waals surface area contributed by atoms with E-state index in [4.69, 9.17) is 4.74 Å². The number of piperidine rings is 1. The lowest BCUT2D eigenvalue weighted by atomic mass is 9.87. The van der Waals surface area contributed by atoms with E-state index >= 15 is 0 Å². The first-order chi connectivity index (χ1) is 11.7. The van der Waals surface area contributed by atoms with E-state index in [1.165, 1.54) is 38.2 Å². The van der Waals surface area contributed by atoms with Gasteiger partial charge in [-0.1, -0.05) is 0 Å². The van der Waals surface area contributed by atoms with Crippen LogP contribution in [0.1, 0.15) is 42.5 Å². The molecule has 3 fully saturated rings. The summed E-state index contributed by atoms with van der Waals surface area (Å²) in [6.07, 6.45) is 6.77. The zero-order chi connectivity index (χ0) is 16.6. The van der Waals surface area contributed by atoms with Crippen molar-refractivity contribution in [2.45, 2.75) is 43.7 Å². The molecule has 1 spiro atoms. The molecule has 4 rings (SSSR count). The average Bonchev–Trinajstić information content (AvgIpc) is 3.25. The fourth-order valence-corrected chi connectivity index (χ4v) is 4.35. The lowest BCUT2D eigenvalue weighted by Gasteiger charge is -2.39. The predicted octanol–water partition coefficient (Wildman–Crippen LogP) is 2.08. The van der Waals surface area contributed by atoms with Gasteiger partial charge in [-0.15, -0.1) is 0 Å². The van der Waals surface area contributed by atoms with Crippen LogP contribution in [0.15, 0.2) is 18.3 Å². The van der Waals surface area contributed by atoms with Gasteiger partial charge in [-0.3, -0.25) is 9.69 Å². The van der Waals surface area contributed by atoms with Gasteiger partial charge < -0.3 is 9.64 Å². The standard InChI is InChI=1S/C18H24FN3O2/c19-16-11-14(3-6-20-16)17(23)22-9-4-18(5-10-22)12-15(13-24-18)21-7-1-2-8-21/h3,6,11,15H,1-2,4-5,7-10,12-13H2/t15-/m1/s1. The second-order valence-electron chi connectivity index (χ2n) is 7.25. The van der Waals surface area contributed by atoms with Gasteiger partial charge in [0.1, 0.15) is 0 Å². The molecule has 0 unspecified atom stereocenters. The van der Waals surface area contributed by atoms with Crippen molar-refractivity contribution in [3.8, 4) is 0 Å². The molecule has 24 heavy (non-hydrogen) atoms. The van der Waals surface area contributed by atoms with Crippen molar-refractivity contribution in [3.63, 3.8) is 0 Å². The van der Waals surface area contributed by atoms with Crippen molar-refractivity contribution in [2.75, 3.05) is 32.8 Å². The third kappa shape index (κ3) is 3.05. The van der Waals surface area contributed by atoms with Gasteiger partial charge in [0.25, 0.3) is 5.91 Å². The Morgan fingerprint density at radius 1 is 1.25 bits per heavy atom. The molecular formula is C18H24FN3O2. The first kappa shape index (κ1) is 16.0. The monoisotopic (exact) mass is 333 g/mol. The maximum Gasteiger partial charge on any atom is 0.254 e. The number of hydrogen-bond donors (Lipinski definition) is 0. The largest absolute Gasteiger partial charge is 0.373 e. The highest BCUT2D eigenvalue weighted by Crippen LogP contribution is 2.38. The number of pyridine rings is 1. The minimum atomic E-state index is -0.609. The quantitative estimate of drug-likeness (QED) is 0.778. The lowest BCUT2D eigenvalue weighted by molar-refractivity contribution is -0.0393. The van der Waals surface area contributed by atoms with Crippen molar-refractivity contribution < 1.29 is 13.9 Å². The van der Waals surface area contributed by atoms with Gasteiger partial charge in [0.05, 0.1) is 12.2 Å². The topological polar surface area (TPSA) is 45.7 Å². The summed E-state index contributed by atoms with van der Waals surface area (Å²) >= 11 is 0. The van der Waals surface area contributed by atoms with E-state index in [9.17, 15) is 9.18 Å². The summed E-state index contributed by atoms with van der Waals surface area (Å²) in [4.78, 5) is 20.4. The molecule has 1 aromatic rings. The highest BCUT2D eigenvalue weighted by molar-refractivity contribution is 5.94. The van der Waals surface area contributed by atoms with Crippen molar-refractivity contribution in [3.05, 3.63) is 29.8 Å². The molecule has 3 saturated heterocycles. The molecule has 130 valence electrons. The van der Waals surface area contributed by atoms with Gasteiger partial charge in [0.15, 0.2) is 0 Å². The molecule has 0 bridgehead atoms. The number of halogens is 1. The number of carbonyl (C=O) groups excluding carboxylic acids is 1. The van der Waals surface area contributed by atoms with E-state index in [1.54, 1.807) is 6.07 Å². The summed E-state index contributed by atoms with van der Waals surface area (Å²) in [5.41, 5.74) is 0.314. The number of nitrogens with zero attached hydrogens (tertiary/aromatic N) is 3. The number of aromatic nitrogens is 1. The highest BCUT2D eigenvalue weighted by Gasteiger charge is 2.45. The molecule has 0 N–H and O–H groups in total. The molecule has 1 atom stereocenters. The molecule has 3 aliphatic rings. The van der Waals surface area contributed by atoms with E-state index in [0.717, 1.165) is 25.9 Å². The zero-order valence-corrected chi connectivity index (χ0v) is 13.9. The van der Waals surface area contributed by atoms with Crippen molar-refractivity contribution in [1.82, 2.24) is 14.8 Å². The third-order valence-electron chi connectivity index (χ3n) is 5.78. The van der Waals surface area contributed by atoms with Crippen LogP contribution in [-0.2, 0) is 4.74 Å². The molecule has 0 aliphatic carbocycles. The minimum Gasteiger partial charge on any atom is -0.373 e. The lowest BCUT2D eigenvalue weighted by Crippen LogP contribution is -2.47. The van der Waals surface area contributed by atoms with Crippen molar-refractivity contribution in [1.29, 1.82) is 0 Å². The molecule has 0 saturated carbocycles. The molecule has 4 heterocycles. The number of hydrogen-bond acceptors (Lipinski definition) is 4. The molecule has 0 aromatic carbocycles. The fourth-order valence-electron chi connectivity index (χ4n) is 4.35. The summed E-state index contributed by atoms with van der Waals surface area (Å²) in [7, 11) is 0. The summed E-state index contributed by atoms with van der Waals surface area (Å²) in [5, 5.41) is 0. The van der Waals surface area contributed by atoms with Crippen molar-refractivity contribution in [2.24, 2.45) is 0 Å². The van der Waals surface area contributed by atoms with Crippen LogP contribution in [0.3, 0.4) is 0 Å². The van der Waals surface area contributed by atoms with E-state index < -0.39 is 5.95 Å². The summed E-state index contributed by atoms with van der Waals surface area (Å²) in [6.45, 7) is 4.57. The van der Waals surface area contributed by atoms with Gasteiger partial charge in [-0.25, -0.2) is 4.98 Å². The van der Waals surface area contributed by atoms with Crippen LogP contribution >= 0.6 is 0 Å². The first-order valence-corrected chi connectivity index (χ1v) is 8.94. The van der Waals surface area contributed by atoms with Gasteiger partial charge in [-0.05, 0) is 51.3 Å². The summed E-state index contributed by atoms with van der Waals surface area (Å²) < 4.78 is 19.4. The second-order valence-corrected chi connectivity index (χ2v) is 7.25. The number of carbonyl (C=O) groups is 1. The molecular weight excluding hydrogens is 309 g/mol. The van der Waals surface area contributed by atoms with Gasteiger partial charge in [0, 0.05) is 37.0 Å². The number of likely N-dealkylation sites (tertiary alicyclic amines) is 2. The number of amides is 1. The van der Waals surface area contributed by atoms with Crippen LogP contribution in [0.2, 0.25) is 0 Å². The van der Waals surface area contributed by atoms with Gasteiger partial charge >= 0.3 is 0 Å². The van der Waals surface area contributed by atoms with Crippen LogP contribution in [-0.4, -0.2) is 65.1 Å². The predicted molar refractivity (Wildman–Crippen MR) is 87.2 cm³/mol. The minimum absolute atomic E-state index is 0.0620. The SMILES string of the molecule is O=C(c1ccnc(F)c1)N1CCC2(CC1)C[C@@H](N1CCCC1)CO2. The zero-order valence-electron chi connectivity index (χ0n) is 13.9. The smallest absolute Gasteiger partial charge is 0.254 e. The van der Waals surface area contributed by atoms with E-state index in [2.05, 4.69) is 9.88 Å². The van der Waals surface area contributed by atoms with Crippen LogP contribution in [0, 0.1) is 5.95 Å². The molecule has 1 aromatic heterocycles. The Morgan fingerprint density at radius 2 is 2.00 bits per heavy atom. The number of ether oxygens (including phenoxy) is 1. The van der Waals surface area contributed by atoms with E-state index in [0.29, 0.717) is 24.7 Å². The molecule has 6 heteroatoms. The van der Waals surface area contributed by atoms with Gasteiger partial charge in [0.2, 0.25) is 5.95 Å². The van der Waals surface area contributed by atoms with E-state index in [1.807, 2.05) is 4.90 Å². The maximum absolute atomic E-state index is 13.2. The Morgan fingerprint density at radius 3 is 2.71 bits per heavy atom. The van der Waals surface area contributed by atoms with E-state index in [-0.39, 0.29) is 11.5 Å². The second kappa shape index (κ2) is 6.41. The Kier molecular flexibility index (Phi) is 4.26. The first-order valence-electron chi connectivity index (χ1n) is 8.94. The Labute approximate surface area is 141 Å². The van der Waals surface area contributed by atoms with Crippen LogP contribution < -0.4 is 0 Å². The van der Waals surface area contributed by atoms with Gasteiger partial charge in [-0.2, -0.15) is 4.39 Å². The average molecular weight is 333 g/mol. The molecule has 3 aliphatic heterocycles. The normalized spacial score (nSPS) is 27.0. The van der Waals surface area contributed by atoms with Crippen LogP contribution in [0.4, 0.5) is 4.39 Å². The Bertz CT molecular complexity index is 610. The van der Waals surface area contributed by atoms with Crippen molar-refractivity contribution >= 4 is 5.91 Å². The van der Waals surface area contributed by atoms with Crippen LogP contribution in [0.5, 0.6) is 0 Å². The molecule has 0 radical (unpaired) electrons. The fraction of sp³-hybridized carbons (Fsp3) is 0.667. The summed E-state index contributed by atoms with van der Waals surface area (Å²) in [6, 6.07) is 3.33. The number of rotatable bonds is 2. The third-order valence-corrected chi connectivity index (χ3v) is 5.78.